The van der Waals surface area contributed by atoms with Gasteiger partial charge in [0.15, 0.2) is 17.5 Å². The van der Waals surface area contributed by atoms with Gasteiger partial charge in [0, 0.05) is 38.6 Å². The van der Waals surface area contributed by atoms with E-state index in [1.165, 1.54) is 22.3 Å². The predicted octanol–water partition coefficient (Wildman–Crippen LogP) is 14.6. The van der Waals surface area contributed by atoms with Gasteiger partial charge in [0.2, 0.25) is 0 Å². The number of allylic oxidation sites excluding steroid dienone is 4. The van der Waals surface area contributed by atoms with Crippen LogP contribution in [0.1, 0.15) is 23.6 Å². The quantitative estimate of drug-likeness (QED) is 0.118. The molecule has 0 bridgehead atoms. The summed E-state index contributed by atoms with van der Waals surface area (Å²) in [6, 6.07) is 67.9. The lowest BCUT2D eigenvalue weighted by atomic mass is 9.65. The van der Waals surface area contributed by atoms with Crippen molar-refractivity contribution in [3.05, 3.63) is 247 Å². The highest BCUT2D eigenvalue weighted by molar-refractivity contribution is 6.13. The van der Waals surface area contributed by atoms with Crippen molar-refractivity contribution in [2.75, 3.05) is 0 Å². The van der Waals surface area contributed by atoms with Crippen LogP contribution in [0.5, 0.6) is 5.75 Å². The Balaban J connectivity index is 1.13. The van der Waals surface area contributed by atoms with Gasteiger partial charge in [0.25, 0.3) is 0 Å². The highest BCUT2D eigenvalue weighted by Gasteiger charge is 2.50. The second-order valence-electron chi connectivity index (χ2n) is 16.6. The van der Waals surface area contributed by atoms with Crippen LogP contribution in [0.2, 0.25) is 0 Å². The Morgan fingerprint density at radius 3 is 1.66 bits per heavy atom. The van der Waals surface area contributed by atoms with Crippen molar-refractivity contribution in [3.8, 4) is 73.4 Å². The molecule has 0 amide bonds. The first-order valence-corrected chi connectivity index (χ1v) is 21.9. The fourth-order valence-corrected chi connectivity index (χ4v) is 10.0. The second-order valence-corrected chi connectivity index (χ2v) is 16.6. The number of ether oxygens (including phenoxy) is 1. The number of hydrogen-bond acceptors (Lipinski definition) is 5. The van der Waals surface area contributed by atoms with Gasteiger partial charge >= 0.3 is 0 Å². The largest absolute Gasteiger partial charge is 0.457 e. The predicted molar refractivity (Wildman–Crippen MR) is 264 cm³/mol. The number of pyridine rings is 1. The van der Waals surface area contributed by atoms with Crippen LogP contribution in [-0.2, 0) is 5.41 Å². The smallest absolute Gasteiger partial charge is 0.164 e. The van der Waals surface area contributed by atoms with E-state index in [2.05, 4.69) is 165 Å². The summed E-state index contributed by atoms with van der Waals surface area (Å²) in [4.78, 5) is 20.9. The summed E-state index contributed by atoms with van der Waals surface area (Å²) in [5.74, 6) is 3.38. The molecule has 5 nitrogen and oxygen atoms in total. The van der Waals surface area contributed by atoms with Crippen LogP contribution in [0.15, 0.2) is 230 Å². The van der Waals surface area contributed by atoms with Crippen molar-refractivity contribution in [2.45, 2.75) is 12.3 Å². The lowest BCUT2D eigenvalue weighted by Crippen LogP contribution is -2.33. The van der Waals surface area contributed by atoms with Crippen molar-refractivity contribution in [3.63, 3.8) is 0 Å². The standard InChI is InChI=1S/C60H40N4O/c1-3-4-31-54-38(2)60(50-29-16-14-27-45(50)46-28-15-17-30-51(46)60)52-36-47-48-35-44(32-33-53(48)61-56(40-21-10-6-11-22-40)49(47)37-55(52)65-54)59-63-57(41-23-12-7-13-24-41)62-58(64-59)43-26-18-25-42(34-43)39-19-8-5-9-20-39/h3-37H,1H2,2H3/b31-4-. The van der Waals surface area contributed by atoms with Gasteiger partial charge in [-0.3, -0.25) is 0 Å². The molecule has 0 unspecified atom stereocenters. The van der Waals surface area contributed by atoms with Gasteiger partial charge in [-0.2, -0.15) is 0 Å². The number of benzene rings is 8. The SMILES string of the molecule is C=C/C=C\C1=C(C)C2(c3cc4c(cc3O1)c(-c1ccccc1)nc1ccc(-c3nc(-c5ccccc5)nc(-c5cccc(-c6ccccc6)c5)n3)cc14)c1ccccc1-c1ccccc12. The van der Waals surface area contributed by atoms with Crippen molar-refractivity contribution in [1.29, 1.82) is 0 Å². The maximum absolute atomic E-state index is 7.00. The molecular formula is C60H40N4O. The highest BCUT2D eigenvalue weighted by atomic mass is 16.5. The van der Waals surface area contributed by atoms with Crippen LogP contribution in [0.3, 0.4) is 0 Å². The third-order valence-electron chi connectivity index (χ3n) is 13.0. The molecule has 2 aromatic heterocycles. The van der Waals surface area contributed by atoms with Gasteiger partial charge < -0.3 is 4.74 Å². The van der Waals surface area contributed by atoms with Crippen LogP contribution < -0.4 is 4.74 Å². The molecule has 1 spiro atoms. The third-order valence-corrected chi connectivity index (χ3v) is 13.0. The molecular weight excluding hydrogens is 793 g/mol. The average Bonchev–Trinajstić information content (AvgIpc) is 3.67. The lowest BCUT2D eigenvalue weighted by molar-refractivity contribution is 0.399. The van der Waals surface area contributed by atoms with E-state index in [4.69, 9.17) is 24.7 Å². The second kappa shape index (κ2) is 15.4. The molecule has 0 saturated heterocycles. The summed E-state index contributed by atoms with van der Waals surface area (Å²) in [5.41, 5.74) is 14.2. The van der Waals surface area contributed by atoms with Crippen molar-refractivity contribution < 1.29 is 4.74 Å². The van der Waals surface area contributed by atoms with Gasteiger partial charge in [-0.15, -0.1) is 0 Å². The average molecular weight is 833 g/mol. The van der Waals surface area contributed by atoms with E-state index in [9.17, 15) is 0 Å². The fraction of sp³-hybridized carbons (Fsp3) is 0.0333. The lowest BCUT2D eigenvalue weighted by Gasteiger charge is -2.40. The maximum Gasteiger partial charge on any atom is 0.164 e. The highest BCUT2D eigenvalue weighted by Crippen LogP contribution is 2.61. The third kappa shape index (κ3) is 6.16. The van der Waals surface area contributed by atoms with Gasteiger partial charge in [-0.05, 0) is 93.7 Å². The molecule has 1 aliphatic heterocycles. The number of rotatable bonds is 7. The van der Waals surface area contributed by atoms with Crippen LogP contribution >= 0.6 is 0 Å². The Hall–Kier alpha value is -8.54. The first kappa shape index (κ1) is 38.2. The van der Waals surface area contributed by atoms with E-state index in [0.717, 1.165) is 83.4 Å². The van der Waals surface area contributed by atoms with E-state index in [1.54, 1.807) is 6.08 Å². The monoisotopic (exact) mass is 832 g/mol. The topological polar surface area (TPSA) is 60.8 Å². The van der Waals surface area contributed by atoms with Crippen LogP contribution in [0.4, 0.5) is 0 Å². The van der Waals surface area contributed by atoms with Gasteiger partial charge in [-0.25, -0.2) is 19.9 Å². The van der Waals surface area contributed by atoms with E-state index in [-0.39, 0.29) is 0 Å². The number of aromatic nitrogens is 4. The van der Waals surface area contributed by atoms with Crippen LogP contribution in [-0.4, -0.2) is 19.9 Å². The molecule has 2 aliphatic rings. The Morgan fingerprint density at radius 1 is 0.446 bits per heavy atom. The Bertz CT molecular complexity index is 3550. The van der Waals surface area contributed by atoms with Crippen molar-refractivity contribution in [2.24, 2.45) is 0 Å². The molecule has 3 heterocycles. The normalized spacial score (nSPS) is 13.5. The maximum atomic E-state index is 7.00. The number of hydrogen-bond donors (Lipinski definition) is 0. The van der Waals surface area contributed by atoms with E-state index in [1.807, 2.05) is 54.6 Å². The molecule has 5 heteroatoms. The minimum Gasteiger partial charge on any atom is -0.457 e. The van der Waals surface area contributed by atoms with Gasteiger partial charge in [0.1, 0.15) is 11.5 Å². The first-order valence-electron chi connectivity index (χ1n) is 21.9. The molecule has 10 aromatic rings. The summed E-state index contributed by atoms with van der Waals surface area (Å²) in [7, 11) is 0. The molecule has 0 saturated carbocycles. The molecule has 65 heavy (non-hydrogen) atoms. The number of nitrogens with zero attached hydrogens (tertiary/aromatic N) is 4. The molecule has 0 N–H and O–H groups in total. The van der Waals surface area contributed by atoms with Crippen molar-refractivity contribution >= 4 is 21.7 Å². The van der Waals surface area contributed by atoms with E-state index in [0.29, 0.717) is 17.5 Å². The van der Waals surface area contributed by atoms with Crippen molar-refractivity contribution in [1.82, 2.24) is 19.9 Å². The molecule has 306 valence electrons. The van der Waals surface area contributed by atoms with Gasteiger partial charge in [0.05, 0.1) is 16.6 Å². The summed E-state index contributed by atoms with van der Waals surface area (Å²) in [6.45, 7) is 6.20. The zero-order valence-electron chi connectivity index (χ0n) is 35.6. The zero-order valence-corrected chi connectivity index (χ0v) is 35.6. The summed E-state index contributed by atoms with van der Waals surface area (Å²) >= 11 is 0. The summed E-state index contributed by atoms with van der Waals surface area (Å²) < 4.78 is 7.00. The van der Waals surface area contributed by atoms with E-state index < -0.39 is 5.41 Å². The molecule has 0 fully saturated rings. The minimum absolute atomic E-state index is 0.579. The summed E-state index contributed by atoms with van der Waals surface area (Å²) in [5, 5.41) is 3.04. The molecule has 0 radical (unpaired) electrons. The number of fused-ring (bicyclic) bond motifs is 10. The molecule has 12 rings (SSSR count). The van der Waals surface area contributed by atoms with E-state index >= 15 is 0 Å². The zero-order chi connectivity index (χ0) is 43.5. The Kier molecular flexibility index (Phi) is 9.02. The fourth-order valence-electron chi connectivity index (χ4n) is 10.0. The molecule has 1 aliphatic carbocycles. The van der Waals surface area contributed by atoms with Gasteiger partial charge in [-0.1, -0.05) is 176 Å². The molecule has 8 aromatic carbocycles. The Morgan fingerprint density at radius 2 is 1.00 bits per heavy atom. The summed E-state index contributed by atoms with van der Waals surface area (Å²) in [6.07, 6.45) is 5.78. The Labute approximate surface area is 377 Å². The molecule has 0 atom stereocenters. The van der Waals surface area contributed by atoms with Crippen LogP contribution in [0.25, 0.3) is 89.4 Å². The van der Waals surface area contributed by atoms with Crippen LogP contribution in [0, 0.1) is 0 Å². The first-order chi connectivity index (χ1) is 32.1. The minimum atomic E-state index is -0.627.